The van der Waals surface area contributed by atoms with Crippen LogP contribution >= 0.6 is 0 Å². The van der Waals surface area contributed by atoms with Crippen LogP contribution in [-0.4, -0.2) is 25.6 Å². The van der Waals surface area contributed by atoms with E-state index >= 15 is 0 Å². The molecule has 104 valence electrons. The standard InChI is InChI=1S/C15H22N2O2/c1-2-19-14-6-4-3-5-13(14)11-17-15(18)12-7-9-16-10-8-12/h3-6,12,16H,2,7-11H2,1H3,(H,17,18). The number of amides is 1. The minimum atomic E-state index is 0.153. The van der Waals surface area contributed by atoms with Crippen molar-refractivity contribution in [1.29, 1.82) is 0 Å². The summed E-state index contributed by atoms with van der Waals surface area (Å²) >= 11 is 0. The number of piperidine rings is 1. The minimum absolute atomic E-state index is 0.153. The second kappa shape index (κ2) is 7.14. The molecule has 1 fully saturated rings. The molecular formula is C15H22N2O2. The predicted molar refractivity (Wildman–Crippen MR) is 75.1 cm³/mol. The van der Waals surface area contributed by atoms with Crippen LogP contribution in [0.4, 0.5) is 0 Å². The van der Waals surface area contributed by atoms with Crippen LogP contribution in [-0.2, 0) is 11.3 Å². The molecule has 0 bridgehead atoms. The van der Waals surface area contributed by atoms with Crippen LogP contribution in [0.3, 0.4) is 0 Å². The third-order valence-electron chi connectivity index (χ3n) is 3.44. The SMILES string of the molecule is CCOc1ccccc1CNC(=O)C1CCNCC1. The molecule has 0 saturated carbocycles. The molecule has 2 rings (SSSR count). The summed E-state index contributed by atoms with van der Waals surface area (Å²) in [6.45, 7) is 5.02. The van der Waals surface area contributed by atoms with Crippen LogP contribution < -0.4 is 15.4 Å². The van der Waals surface area contributed by atoms with Crippen molar-refractivity contribution in [3.63, 3.8) is 0 Å². The van der Waals surface area contributed by atoms with E-state index in [2.05, 4.69) is 10.6 Å². The molecule has 1 heterocycles. The van der Waals surface area contributed by atoms with Crippen LogP contribution in [0.15, 0.2) is 24.3 Å². The normalized spacial score (nSPS) is 16.1. The van der Waals surface area contributed by atoms with Gasteiger partial charge in [-0.05, 0) is 38.9 Å². The van der Waals surface area contributed by atoms with E-state index in [9.17, 15) is 4.79 Å². The zero-order chi connectivity index (χ0) is 13.5. The van der Waals surface area contributed by atoms with E-state index in [1.807, 2.05) is 31.2 Å². The number of rotatable bonds is 5. The summed E-state index contributed by atoms with van der Waals surface area (Å²) in [6, 6.07) is 7.85. The Balaban J connectivity index is 1.89. The van der Waals surface area contributed by atoms with E-state index in [1.54, 1.807) is 0 Å². The monoisotopic (exact) mass is 262 g/mol. The van der Waals surface area contributed by atoms with Gasteiger partial charge in [0.1, 0.15) is 5.75 Å². The third-order valence-corrected chi connectivity index (χ3v) is 3.44. The van der Waals surface area contributed by atoms with Crippen LogP contribution in [0.1, 0.15) is 25.3 Å². The van der Waals surface area contributed by atoms with Gasteiger partial charge in [-0.3, -0.25) is 4.79 Å². The predicted octanol–water partition coefficient (Wildman–Crippen LogP) is 1.70. The Labute approximate surface area is 114 Å². The van der Waals surface area contributed by atoms with Gasteiger partial charge in [-0.25, -0.2) is 0 Å². The van der Waals surface area contributed by atoms with Crippen molar-refractivity contribution in [3.05, 3.63) is 29.8 Å². The molecule has 1 aromatic rings. The number of nitrogens with one attached hydrogen (secondary N) is 2. The molecule has 0 aromatic heterocycles. The van der Waals surface area contributed by atoms with E-state index in [4.69, 9.17) is 4.74 Å². The van der Waals surface area contributed by atoms with Crippen molar-refractivity contribution in [2.45, 2.75) is 26.3 Å². The second-order valence-electron chi connectivity index (χ2n) is 4.78. The van der Waals surface area contributed by atoms with E-state index in [-0.39, 0.29) is 11.8 Å². The topological polar surface area (TPSA) is 50.4 Å². The van der Waals surface area contributed by atoms with Crippen LogP contribution in [0.25, 0.3) is 0 Å². The number of carbonyl (C=O) groups excluding carboxylic acids is 1. The Kier molecular flexibility index (Phi) is 5.21. The Morgan fingerprint density at radius 2 is 2.11 bits per heavy atom. The molecule has 4 nitrogen and oxygen atoms in total. The fourth-order valence-electron chi connectivity index (χ4n) is 2.36. The van der Waals surface area contributed by atoms with Crippen molar-refractivity contribution >= 4 is 5.91 Å². The van der Waals surface area contributed by atoms with Crippen LogP contribution in [0.5, 0.6) is 5.75 Å². The first-order chi connectivity index (χ1) is 9.31. The maximum atomic E-state index is 12.1. The molecule has 4 heteroatoms. The fourth-order valence-corrected chi connectivity index (χ4v) is 2.36. The van der Waals surface area contributed by atoms with E-state index in [0.717, 1.165) is 37.2 Å². The Bertz CT molecular complexity index is 414. The van der Waals surface area contributed by atoms with Gasteiger partial charge in [0, 0.05) is 18.0 Å². The van der Waals surface area contributed by atoms with Gasteiger partial charge in [0.25, 0.3) is 0 Å². The Hall–Kier alpha value is -1.55. The number of para-hydroxylation sites is 1. The van der Waals surface area contributed by atoms with Crippen molar-refractivity contribution in [1.82, 2.24) is 10.6 Å². The first kappa shape index (κ1) is 13.9. The number of hydrogen-bond acceptors (Lipinski definition) is 3. The summed E-state index contributed by atoms with van der Waals surface area (Å²) in [5.41, 5.74) is 1.03. The third kappa shape index (κ3) is 3.96. The molecule has 0 spiro atoms. The lowest BCUT2D eigenvalue weighted by Crippen LogP contribution is -2.37. The zero-order valence-corrected chi connectivity index (χ0v) is 11.4. The molecular weight excluding hydrogens is 240 g/mol. The lowest BCUT2D eigenvalue weighted by Gasteiger charge is -2.22. The molecule has 1 amide bonds. The summed E-state index contributed by atoms with van der Waals surface area (Å²) < 4.78 is 5.55. The quantitative estimate of drug-likeness (QED) is 0.849. The van der Waals surface area contributed by atoms with E-state index in [0.29, 0.717) is 13.2 Å². The highest BCUT2D eigenvalue weighted by molar-refractivity contribution is 5.78. The molecule has 1 aromatic carbocycles. The average Bonchev–Trinajstić information content (AvgIpc) is 2.47. The largest absolute Gasteiger partial charge is 0.494 e. The molecule has 19 heavy (non-hydrogen) atoms. The number of carbonyl (C=O) groups is 1. The molecule has 1 aliphatic rings. The van der Waals surface area contributed by atoms with Gasteiger partial charge in [0.2, 0.25) is 5.91 Å². The summed E-state index contributed by atoms with van der Waals surface area (Å²) in [4.78, 5) is 12.1. The van der Waals surface area contributed by atoms with Gasteiger partial charge in [-0.1, -0.05) is 18.2 Å². The maximum Gasteiger partial charge on any atom is 0.223 e. The van der Waals surface area contributed by atoms with Gasteiger partial charge < -0.3 is 15.4 Å². The summed E-state index contributed by atoms with van der Waals surface area (Å²) in [7, 11) is 0. The minimum Gasteiger partial charge on any atom is -0.494 e. The Morgan fingerprint density at radius 1 is 1.37 bits per heavy atom. The van der Waals surface area contributed by atoms with E-state index in [1.165, 1.54) is 0 Å². The van der Waals surface area contributed by atoms with Gasteiger partial charge in [-0.15, -0.1) is 0 Å². The molecule has 1 saturated heterocycles. The summed E-state index contributed by atoms with van der Waals surface area (Å²) in [6.07, 6.45) is 1.86. The highest BCUT2D eigenvalue weighted by Crippen LogP contribution is 2.18. The molecule has 0 unspecified atom stereocenters. The van der Waals surface area contributed by atoms with Crippen molar-refractivity contribution in [3.8, 4) is 5.75 Å². The average molecular weight is 262 g/mol. The molecule has 0 aliphatic carbocycles. The lowest BCUT2D eigenvalue weighted by atomic mass is 9.97. The smallest absolute Gasteiger partial charge is 0.223 e. The fraction of sp³-hybridized carbons (Fsp3) is 0.533. The molecule has 2 N–H and O–H groups in total. The Morgan fingerprint density at radius 3 is 2.84 bits per heavy atom. The molecule has 0 atom stereocenters. The molecule has 1 aliphatic heterocycles. The highest BCUT2D eigenvalue weighted by Gasteiger charge is 2.20. The van der Waals surface area contributed by atoms with Crippen molar-refractivity contribution in [2.75, 3.05) is 19.7 Å². The van der Waals surface area contributed by atoms with Crippen LogP contribution in [0, 0.1) is 5.92 Å². The van der Waals surface area contributed by atoms with Gasteiger partial charge in [0.05, 0.1) is 6.61 Å². The lowest BCUT2D eigenvalue weighted by molar-refractivity contribution is -0.125. The highest BCUT2D eigenvalue weighted by atomic mass is 16.5. The van der Waals surface area contributed by atoms with E-state index < -0.39 is 0 Å². The van der Waals surface area contributed by atoms with Crippen LogP contribution in [0.2, 0.25) is 0 Å². The van der Waals surface area contributed by atoms with Crippen molar-refractivity contribution < 1.29 is 9.53 Å². The zero-order valence-electron chi connectivity index (χ0n) is 11.4. The first-order valence-electron chi connectivity index (χ1n) is 7.00. The number of benzene rings is 1. The summed E-state index contributed by atoms with van der Waals surface area (Å²) in [5.74, 6) is 1.17. The molecule has 0 radical (unpaired) electrons. The first-order valence-corrected chi connectivity index (χ1v) is 7.00. The van der Waals surface area contributed by atoms with Gasteiger partial charge in [0.15, 0.2) is 0 Å². The maximum absolute atomic E-state index is 12.1. The number of hydrogen-bond donors (Lipinski definition) is 2. The van der Waals surface area contributed by atoms with Gasteiger partial charge >= 0.3 is 0 Å². The second-order valence-corrected chi connectivity index (χ2v) is 4.78. The number of ether oxygens (including phenoxy) is 1. The van der Waals surface area contributed by atoms with Gasteiger partial charge in [-0.2, -0.15) is 0 Å². The van der Waals surface area contributed by atoms with Crippen molar-refractivity contribution in [2.24, 2.45) is 5.92 Å². The summed E-state index contributed by atoms with van der Waals surface area (Å²) in [5, 5.41) is 6.29.